The predicted molar refractivity (Wildman–Crippen MR) is 77.4 cm³/mol. The maximum atomic E-state index is 5.72. The number of rotatable bonds is 7. The fraction of sp³-hybridized carbons (Fsp3) is 0.333. The summed E-state index contributed by atoms with van der Waals surface area (Å²) in [5.74, 6) is 0.948. The smallest absolute Gasteiger partial charge is 0.119 e. The van der Waals surface area contributed by atoms with Crippen LogP contribution in [0.4, 0.5) is 0 Å². The molecule has 1 aromatic carbocycles. The summed E-state index contributed by atoms with van der Waals surface area (Å²) in [6.07, 6.45) is 2.09. The van der Waals surface area contributed by atoms with Crippen LogP contribution in [0.3, 0.4) is 0 Å². The van der Waals surface area contributed by atoms with Crippen molar-refractivity contribution in [3.8, 4) is 5.75 Å². The van der Waals surface area contributed by atoms with Crippen molar-refractivity contribution in [2.45, 2.75) is 18.9 Å². The van der Waals surface area contributed by atoms with Crippen LogP contribution in [-0.2, 0) is 6.42 Å². The van der Waals surface area contributed by atoms with E-state index < -0.39 is 0 Å². The average molecular weight is 261 g/mol. The minimum absolute atomic E-state index is 0.479. The van der Waals surface area contributed by atoms with E-state index in [0.29, 0.717) is 6.04 Å². The maximum Gasteiger partial charge on any atom is 0.119 e. The minimum Gasteiger partial charge on any atom is -0.494 e. The first kappa shape index (κ1) is 13.1. The lowest BCUT2D eigenvalue weighted by atomic mass is 10.1. The van der Waals surface area contributed by atoms with Gasteiger partial charge in [-0.2, -0.15) is 0 Å². The van der Waals surface area contributed by atoms with Crippen molar-refractivity contribution < 1.29 is 4.74 Å². The van der Waals surface area contributed by atoms with E-state index in [-0.39, 0.29) is 0 Å². The summed E-state index contributed by atoms with van der Waals surface area (Å²) >= 11 is 1.82. The number of ether oxygens (including phenoxy) is 1. The first-order chi connectivity index (χ1) is 8.88. The number of para-hydroxylation sites is 1. The highest BCUT2D eigenvalue weighted by molar-refractivity contribution is 7.09. The molecule has 3 heteroatoms. The molecule has 0 radical (unpaired) electrons. The molecule has 2 nitrogen and oxygen atoms in total. The first-order valence-electron chi connectivity index (χ1n) is 6.26. The first-order valence-corrected chi connectivity index (χ1v) is 7.14. The molecule has 0 saturated heterocycles. The van der Waals surface area contributed by atoms with E-state index in [1.807, 2.05) is 48.7 Å². The molecule has 1 N–H and O–H groups in total. The van der Waals surface area contributed by atoms with Crippen LogP contribution in [0.5, 0.6) is 5.75 Å². The Balaban J connectivity index is 1.74. The van der Waals surface area contributed by atoms with Crippen LogP contribution >= 0.6 is 11.3 Å². The van der Waals surface area contributed by atoms with E-state index in [4.69, 9.17) is 4.74 Å². The Labute approximate surface area is 113 Å². The number of benzene rings is 1. The molecule has 0 bridgehead atoms. The minimum atomic E-state index is 0.479. The van der Waals surface area contributed by atoms with Crippen molar-refractivity contribution in [3.05, 3.63) is 52.7 Å². The second-order valence-electron chi connectivity index (χ2n) is 4.22. The Bertz CT molecular complexity index is 427. The molecule has 0 fully saturated rings. The standard InChI is InChI=1S/C15H19NOS/c1-16-13(12-15-8-5-11-18-15)9-10-17-14-6-3-2-4-7-14/h2-8,11,13,16H,9-10,12H2,1H3. The third-order valence-corrected chi connectivity index (χ3v) is 3.81. The summed E-state index contributed by atoms with van der Waals surface area (Å²) in [4.78, 5) is 1.43. The van der Waals surface area contributed by atoms with Gasteiger partial charge in [-0.15, -0.1) is 11.3 Å². The number of nitrogens with one attached hydrogen (secondary N) is 1. The lowest BCUT2D eigenvalue weighted by Gasteiger charge is -2.15. The van der Waals surface area contributed by atoms with Crippen molar-refractivity contribution in [1.82, 2.24) is 5.32 Å². The van der Waals surface area contributed by atoms with Crippen molar-refractivity contribution in [2.24, 2.45) is 0 Å². The van der Waals surface area contributed by atoms with Crippen LogP contribution in [0.15, 0.2) is 47.8 Å². The Morgan fingerprint density at radius 2 is 2.00 bits per heavy atom. The molecule has 2 rings (SSSR count). The number of thiophene rings is 1. The highest BCUT2D eigenvalue weighted by atomic mass is 32.1. The molecule has 1 heterocycles. The summed E-state index contributed by atoms with van der Waals surface area (Å²) < 4.78 is 5.72. The van der Waals surface area contributed by atoms with Crippen LogP contribution in [-0.4, -0.2) is 19.7 Å². The molecule has 0 aliphatic rings. The van der Waals surface area contributed by atoms with Crippen molar-refractivity contribution in [3.63, 3.8) is 0 Å². The van der Waals surface area contributed by atoms with Crippen LogP contribution < -0.4 is 10.1 Å². The molecular weight excluding hydrogens is 242 g/mol. The summed E-state index contributed by atoms with van der Waals surface area (Å²) in [5, 5.41) is 5.48. The highest BCUT2D eigenvalue weighted by Crippen LogP contribution is 2.13. The number of hydrogen-bond donors (Lipinski definition) is 1. The van der Waals surface area contributed by atoms with E-state index >= 15 is 0 Å². The molecular formula is C15H19NOS. The largest absolute Gasteiger partial charge is 0.494 e. The van der Waals surface area contributed by atoms with Gasteiger partial charge in [-0.3, -0.25) is 0 Å². The van der Waals surface area contributed by atoms with Crippen LogP contribution in [0.25, 0.3) is 0 Å². The van der Waals surface area contributed by atoms with E-state index in [1.165, 1.54) is 4.88 Å². The average Bonchev–Trinajstić information content (AvgIpc) is 2.92. The Hall–Kier alpha value is -1.32. The van der Waals surface area contributed by atoms with Gasteiger partial charge in [0.25, 0.3) is 0 Å². The molecule has 2 aromatic rings. The highest BCUT2D eigenvalue weighted by Gasteiger charge is 2.08. The summed E-state index contributed by atoms with van der Waals surface area (Å²) in [6, 6.07) is 14.8. The van der Waals surface area contributed by atoms with Gasteiger partial charge in [-0.1, -0.05) is 24.3 Å². The summed E-state index contributed by atoms with van der Waals surface area (Å²) in [5.41, 5.74) is 0. The molecule has 0 spiro atoms. The normalized spacial score (nSPS) is 12.3. The molecule has 18 heavy (non-hydrogen) atoms. The van der Waals surface area contributed by atoms with Gasteiger partial charge in [0.2, 0.25) is 0 Å². The van der Waals surface area contributed by atoms with Crippen molar-refractivity contribution in [2.75, 3.05) is 13.7 Å². The quantitative estimate of drug-likeness (QED) is 0.825. The van der Waals surface area contributed by atoms with Gasteiger partial charge in [0, 0.05) is 10.9 Å². The van der Waals surface area contributed by atoms with E-state index in [0.717, 1.165) is 25.2 Å². The second-order valence-corrected chi connectivity index (χ2v) is 5.25. The van der Waals surface area contributed by atoms with Gasteiger partial charge in [-0.05, 0) is 43.5 Å². The molecule has 1 aromatic heterocycles. The molecule has 0 saturated carbocycles. The van der Waals surface area contributed by atoms with E-state index in [9.17, 15) is 0 Å². The number of hydrogen-bond acceptors (Lipinski definition) is 3. The van der Waals surface area contributed by atoms with Gasteiger partial charge < -0.3 is 10.1 Å². The Kier molecular flexibility index (Phi) is 5.24. The van der Waals surface area contributed by atoms with Crippen molar-refractivity contribution >= 4 is 11.3 Å². The molecule has 0 aliphatic carbocycles. The molecule has 96 valence electrons. The van der Waals surface area contributed by atoms with Gasteiger partial charge in [0.05, 0.1) is 6.61 Å². The van der Waals surface area contributed by atoms with Gasteiger partial charge in [-0.25, -0.2) is 0 Å². The maximum absolute atomic E-state index is 5.72. The Morgan fingerprint density at radius 1 is 1.17 bits per heavy atom. The summed E-state index contributed by atoms with van der Waals surface area (Å²) in [7, 11) is 2.01. The molecule has 1 atom stereocenters. The van der Waals surface area contributed by atoms with E-state index in [1.54, 1.807) is 0 Å². The lowest BCUT2D eigenvalue weighted by molar-refractivity contribution is 0.288. The second kappa shape index (κ2) is 7.19. The Morgan fingerprint density at radius 3 is 2.67 bits per heavy atom. The zero-order chi connectivity index (χ0) is 12.6. The SMILES string of the molecule is CNC(CCOc1ccccc1)Cc1cccs1. The third-order valence-electron chi connectivity index (χ3n) is 2.91. The predicted octanol–water partition coefficient (Wildman–Crippen LogP) is 3.35. The van der Waals surface area contributed by atoms with E-state index in [2.05, 4.69) is 22.8 Å². The molecule has 1 unspecified atom stereocenters. The van der Waals surface area contributed by atoms with Crippen LogP contribution in [0.2, 0.25) is 0 Å². The zero-order valence-electron chi connectivity index (χ0n) is 10.6. The zero-order valence-corrected chi connectivity index (χ0v) is 11.5. The third kappa shape index (κ3) is 4.17. The van der Waals surface area contributed by atoms with Gasteiger partial charge in [0.1, 0.15) is 5.75 Å². The van der Waals surface area contributed by atoms with Crippen LogP contribution in [0, 0.1) is 0 Å². The van der Waals surface area contributed by atoms with Crippen molar-refractivity contribution in [1.29, 1.82) is 0 Å². The van der Waals surface area contributed by atoms with Crippen LogP contribution in [0.1, 0.15) is 11.3 Å². The fourth-order valence-corrected chi connectivity index (χ4v) is 2.64. The monoisotopic (exact) mass is 261 g/mol. The molecule has 0 aliphatic heterocycles. The summed E-state index contributed by atoms with van der Waals surface area (Å²) in [6.45, 7) is 0.751. The lowest BCUT2D eigenvalue weighted by Crippen LogP contribution is -2.29. The number of likely N-dealkylation sites (N-methyl/N-ethyl adjacent to an activating group) is 1. The fourth-order valence-electron chi connectivity index (χ4n) is 1.86. The van der Waals surface area contributed by atoms with Gasteiger partial charge >= 0.3 is 0 Å². The topological polar surface area (TPSA) is 21.3 Å². The molecule has 0 amide bonds. The van der Waals surface area contributed by atoms with Gasteiger partial charge in [0.15, 0.2) is 0 Å².